The summed E-state index contributed by atoms with van der Waals surface area (Å²) >= 11 is 3.37. The van der Waals surface area contributed by atoms with Gasteiger partial charge in [0, 0.05) is 24.1 Å². The summed E-state index contributed by atoms with van der Waals surface area (Å²) in [7, 11) is 3.57. The third kappa shape index (κ3) is 10.8. The third-order valence-electron chi connectivity index (χ3n) is 8.73. The lowest BCUT2D eigenvalue weighted by Gasteiger charge is -2.32. The molecule has 0 spiro atoms. The molecule has 266 valence electrons. The smallest absolute Gasteiger partial charge is 0.444 e. The Morgan fingerprint density at radius 2 is 1.33 bits per heavy atom. The number of nitrogens with one attached hydrogen (secondary N) is 1. The van der Waals surface area contributed by atoms with Gasteiger partial charge in [-0.15, -0.1) is 0 Å². The monoisotopic (exact) mass is 735 g/mol. The van der Waals surface area contributed by atoms with E-state index in [2.05, 4.69) is 104 Å². The molecule has 2 aromatic carbocycles. The van der Waals surface area contributed by atoms with Crippen molar-refractivity contribution in [1.29, 1.82) is 0 Å². The molecular formula is C38H55BBrN5O4. The predicted octanol–water partition coefficient (Wildman–Crippen LogP) is 8.58. The van der Waals surface area contributed by atoms with E-state index in [9.17, 15) is 4.79 Å². The van der Waals surface area contributed by atoms with Crippen LogP contribution in [0, 0.1) is 13.8 Å². The van der Waals surface area contributed by atoms with E-state index < -0.39 is 11.7 Å². The maximum atomic E-state index is 11.6. The Hall–Kier alpha value is -3.41. The molecule has 1 aliphatic rings. The van der Waals surface area contributed by atoms with Crippen LogP contribution in [-0.2, 0) is 28.1 Å². The van der Waals surface area contributed by atoms with Gasteiger partial charge in [0.05, 0.1) is 40.9 Å². The number of benzene rings is 2. The van der Waals surface area contributed by atoms with Crippen molar-refractivity contribution in [2.24, 2.45) is 14.1 Å². The molecular weight excluding hydrogens is 681 g/mol. The van der Waals surface area contributed by atoms with Crippen LogP contribution in [0.4, 0.5) is 4.79 Å². The van der Waals surface area contributed by atoms with E-state index in [1.807, 2.05) is 94.7 Å². The first-order chi connectivity index (χ1) is 22.6. The molecule has 1 saturated heterocycles. The van der Waals surface area contributed by atoms with Crippen LogP contribution in [0.3, 0.4) is 0 Å². The summed E-state index contributed by atoms with van der Waals surface area (Å²) in [5.41, 5.74) is 7.12. The summed E-state index contributed by atoms with van der Waals surface area (Å²) in [5.74, 6) is 0.585. The zero-order valence-electron chi connectivity index (χ0n) is 31.8. The first kappa shape index (κ1) is 40.0. The molecule has 4 aromatic rings. The van der Waals surface area contributed by atoms with Gasteiger partial charge in [-0.05, 0) is 110 Å². The van der Waals surface area contributed by atoms with Crippen molar-refractivity contribution in [3.63, 3.8) is 0 Å². The average molecular weight is 737 g/mol. The van der Waals surface area contributed by atoms with Crippen molar-refractivity contribution in [3.8, 4) is 11.3 Å². The highest BCUT2D eigenvalue weighted by Crippen LogP contribution is 2.36. The summed E-state index contributed by atoms with van der Waals surface area (Å²) in [6.07, 6.45) is 3.35. The molecule has 0 bridgehead atoms. The molecule has 5 rings (SSSR count). The summed E-state index contributed by atoms with van der Waals surface area (Å²) in [5, 5.41) is 11.3. The first-order valence-corrected chi connectivity index (χ1v) is 17.6. The lowest BCUT2D eigenvalue weighted by atomic mass is 9.82. The minimum absolute atomic E-state index is 0.0713. The number of amides is 1. The largest absolute Gasteiger partial charge is 0.514 e. The molecule has 3 heterocycles. The molecule has 0 radical (unpaired) electrons. The van der Waals surface area contributed by atoms with Crippen molar-refractivity contribution in [3.05, 3.63) is 87.7 Å². The summed E-state index contributed by atoms with van der Waals surface area (Å²) in [4.78, 5) is 11.6. The van der Waals surface area contributed by atoms with E-state index in [1.165, 1.54) is 22.4 Å². The first-order valence-electron chi connectivity index (χ1n) is 16.8. The maximum absolute atomic E-state index is 11.6. The van der Waals surface area contributed by atoms with Crippen LogP contribution in [0.25, 0.3) is 11.3 Å². The number of hydrogen-bond donors (Lipinski definition) is 1. The zero-order valence-corrected chi connectivity index (χ0v) is 33.4. The van der Waals surface area contributed by atoms with Gasteiger partial charge in [-0.25, -0.2) is 4.79 Å². The Morgan fingerprint density at radius 1 is 0.837 bits per heavy atom. The quantitative estimate of drug-likeness (QED) is 0.207. The van der Waals surface area contributed by atoms with Gasteiger partial charge in [0.2, 0.25) is 0 Å². The van der Waals surface area contributed by atoms with Gasteiger partial charge in [-0.3, -0.25) is 9.36 Å². The lowest BCUT2D eigenvalue weighted by molar-refractivity contribution is 0.00578. The fourth-order valence-corrected chi connectivity index (χ4v) is 5.42. The van der Waals surface area contributed by atoms with Crippen LogP contribution >= 0.6 is 15.9 Å². The second-order valence-electron chi connectivity index (χ2n) is 14.9. The second kappa shape index (κ2) is 16.1. The molecule has 1 amide bonds. The standard InChI is InChI=1S/C14H18N2.C13H18BrNO2.C11H19BN2O2/c1-10(2)12-5-7-13(8-6-12)14-11(3)9-15-16(14)4;1-9(10-5-7-11(14)8-6-10)15-12(16)17-13(2,3)4;1-8-7-13-14(6)9(8)12-15-10(2,3)11(4,5)16-12/h5-10H,1-4H3;5-9H,1-4H3,(H,15,16);7H,1-6H3/t;9-;/m.0./s1. The van der Waals surface area contributed by atoms with Crippen LogP contribution < -0.4 is 10.9 Å². The number of alkyl carbamates (subject to hydrolysis) is 1. The van der Waals surface area contributed by atoms with Crippen molar-refractivity contribution >= 4 is 34.7 Å². The van der Waals surface area contributed by atoms with Gasteiger partial charge in [0.1, 0.15) is 5.60 Å². The van der Waals surface area contributed by atoms with Gasteiger partial charge in [0.15, 0.2) is 0 Å². The highest BCUT2D eigenvalue weighted by atomic mass is 79.9. The number of carbonyl (C=O) groups excluding carboxylic acids is 1. The average Bonchev–Trinajstić information content (AvgIpc) is 3.57. The molecule has 9 nitrogen and oxygen atoms in total. The van der Waals surface area contributed by atoms with Crippen molar-refractivity contribution in [1.82, 2.24) is 24.9 Å². The molecule has 49 heavy (non-hydrogen) atoms. The summed E-state index contributed by atoms with van der Waals surface area (Å²) < 4.78 is 21.9. The lowest BCUT2D eigenvalue weighted by Crippen LogP contribution is -2.41. The van der Waals surface area contributed by atoms with Crippen LogP contribution in [0.5, 0.6) is 0 Å². The van der Waals surface area contributed by atoms with Crippen LogP contribution in [0.15, 0.2) is 65.4 Å². The van der Waals surface area contributed by atoms with E-state index >= 15 is 0 Å². The molecule has 0 saturated carbocycles. The SMILES string of the molecule is C[C@H](NC(=O)OC(C)(C)C)c1ccc(Br)cc1.Cc1cnn(C)c1-c1ccc(C(C)C)cc1.Cc1cnn(C)c1B1OC(C)(C)C(C)(C)O1. The number of ether oxygens (including phenoxy) is 1. The van der Waals surface area contributed by atoms with Crippen LogP contribution in [0.1, 0.15) is 103 Å². The highest BCUT2D eigenvalue weighted by molar-refractivity contribution is 9.10. The van der Waals surface area contributed by atoms with Gasteiger partial charge >= 0.3 is 13.2 Å². The van der Waals surface area contributed by atoms with Gasteiger partial charge in [-0.1, -0.05) is 66.2 Å². The maximum Gasteiger partial charge on any atom is 0.514 e. The van der Waals surface area contributed by atoms with Crippen molar-refractivity contribution in [2.45, 2.75) is 112 Å². The predicted molar refractivity (Wildman–Crippen MR) is 203 cm³/mol. The summed E-state index contributed by atoms with van der Waals surface area (Å²) in [6, 6.07) is 16.5. The Morgan fingerprint density at radius 3 is 1.76 bits per heavy atom. The third-order valence-corrected chi connectivity index (χ3v) is 9.26. The molecule has 1 fully saturated rings. The Balaban J connectivity index is 0.000000199. The van der Waals surface area contributed by atoms with Gasteiger partial charge < -0.3 is 19.4 Å². The second-order valence-corrected chi connectivity index (χ2v) is 15.8. The van der Waals surface area contributed by atoms with E-state index in [-0.39, 0.29) is 24.4 Å². The molecule has 1 aliphatic heterocycles. The van der Waals surface area contributed by atoms with Gasteiger partial charge in [-0.2, -0.15) is 10.2 Å². The van der Waals surface area contributed by atoms with Crippen molar-refractivity contribution < 1.29 is 18.8 Å². The fourth-order valence-electron chi connectivity index (χ4n) is 5.16. The number of nitrogens with zero attached hydrogens (tertiary/aromatic N) is 4. The Kier molecular flexibility index (Phi) is 13.1. The zero-order chi connectivity index (χ0) is 36.9. The Labute approximate surface area is 302 Å². The molecule has 2 aromatic heterocycles. The highest BCUT2D eigenvalue weighted by Gasteiger charge is 2.53. The van der Waals surface area contributed by atoms with E-state index in [4.69, 9.17) is 14.0 Å². The molecule has 1 N–H and O–H groups in total. The fraction of sp³-hybridized carbons (Fsp3) is 0.500. The normalized spacial score (nSPS) is 15.6. The Bertz CT molecular complexity index is 1620. The van der Waals surface area contributed by atoms with E-state index in [1.54, 1.807) is 0 Å². The molecule has 11 heteroatoms. The number of aromatic nitrogens is 4. The number of hydrogen-bond acceptors (Lipinski definition) is 6. The molecule has 1 atom stereocenters. The number of halogens is 1. The minimum Gasteiger partial charge on any atom is -0.444 e. The van der Waals surface area contributed by atoms with Crippen molar-refractivity contribution in [2.75, 3.05) is 0 Å². The number of carbonyl (C=O) groups is 1. The topological polar surface area (TPSA) is 92.4 Å². The van der Waals surface area contributed by atoms with Gasteiger partial charge in [0.25, 0.3) is 0 Å². The number of aryl methyl sites for hydroxylation is 4. The van der Waals surface area contributed by atoms with Crippen LogP contribution in [0.2, 0.25) is 0 Å². The molecule has 0 unspecified atom stereocenters. The molecule has 0 aliphatic carbocycles. The summed E-state index contributed by atoms with van der Waals surface area (Å²) in [6.45, 7) is 24.2. The minimum atomic E-state index is -0.469. The van der Waals surface area contributed by atoms with E-state index in [0.29, 0.717) is 5.92 Å². The van der Waals surface area contributed by atoms with E-state index in [0.717, 1.165) is 21.2 Å². The number of rotatable bonds is 5. The van der Waals surface area contributed by atoms with Crippen LogP contribution in [-0.4, -0.2) is 49.6 Å².